The van der Waals surface area contributed by atoms with Gasteiger partial charge in [0.15, 0.2) is 0 Å². The third-order valence-corrected chi connectivity index (χ3v) is 8.10. The summed E-state index contributed by atoms with van der Waals surface area (Å²) in [4.78, 5) is 6.80. The molecule has 0 amide bonds. The van der Waals surface area contributed by atoms with E-state index in [2.05, 4.69) is 26.6 Å². The summed E-state index contributed by atoms with van der Waals surface area (Å²) in [5.41, 5.74) is 1.11. The SMILES string of the molecule is O=S(=O)(c1cccs1)N1CCN(CCn2ccnc2-c2ccccc2)CC1. The molecule has 6 nitrogen and oxygen atoms in total. The number of benzene rings is 1. The highest BCUT2D eigenvalue weighted by Crippen LogP contribution is 2.22. The van der Waals surface area contributed by atoms with Crippen molar-refractivity contribution in [2.24, 2.45) is 0 Å². The Hall–Kier alpha value is -2.00. The second-order valence-electron chi connectivity index (χ2n) is 6.49. The lowest BCUT2D eigenvalue weighted by atomic mass is 10.2. The predicted octanol–water partition coefficient (Wildman–Crippen LogP) is 2.62. The van der Waals surface area contributed by atoms with Crippen LogP contribution in [-0.2, 0) is 16.6 Å². The molecule has 1 aliphatic rings. The minimum atomic E-state index is -3.33. The zero-order chi connectivity index (χ0) is 18.7. The van der Waals surface area contributed by atoms with E-state index in [4.69, 9.17) is 0 Å². The van der Waals surface area contributed by atoms with Gasteiger partial charge in [0.2, 0.25) is 0 Å². The van der Waals surface area contributed by atoms with Gasteiger partial charge in [-0.25, -0.2) is 13.4 Å². The molecule has 3 heterocycles. The number of thiophene rings is 1. The topological polar surface area (TPSA) is 58.4 Å². The van der Waals surface area contributed by atoms with Gasteiger partial charge in [0.25, 0.3) is 10.0 Å². The molecule has 27 heavy (non-hydrogen) atoms. The summed E-state index contributed by atoms with van der Waals surface area (Å²) in [6, 6.07) is 13.6. The second-order valence-corrected chi connectivity index (χ2v) is 9.60. The second kappa shape index (κ2) is 7.93. The fraction of sp³-hybridized carbons (Fsp3) is 0.316. The normalized spacial score (nSPS) is 16.6. The van der Waals surface area contributed by atoms with Gasteiger partial charge in [-0.2, -0.15) is 4.31 Å². The van der Waals surface area contributed by atoms with Crippen molar-refractivity contribution in [2.45, 2.75) is 10.8 Å². The maximum Gasteiger partial charge on any atom is 0.252 e. The van der Waals surface area contributed by atoms with Crippen molar-refractivity contribution in [3.8, 4) is 11.4 Å². The van der Waals surface area contributed by atoms with Crippen LogP contribution in [0, 0.1) is 0 Å². The molecule has 0 spiro atoms. The van der Waals surface area contributed by atoms with Crippen LogP contribution >= 0.6 is 11.3 Å². The third kappa shape index (κ3) is 3.98. The van der Waals surface area contributed by atoms with Gasteiger partial charge in [-0.1, -0.05) is 36.4 Å². The Bertz CT molecular complexity index is 960. The minimum Gasteiger partial charge on any atom is -0.330 e. The zero-order valence-corrected chi connectivity index (χ0v) is 16.6. The quantitative estimate of drug-likeness (QED) is 0.636. The molecule has 1 fully saturated rings. The van der Waals surface area contributed by atoms with E-state index < -0.39 is 10.0 Å². The first-order valence-corrected chi connectivity index (χ1v) is 11.3. The van der Waals surface area contributed by atoms with Crippen LogP contribution in [-0.4, -0.2) is 59.9 Å². The van der Waals surface area contributed by atoms with E-state index >= 15 is 0 Å². The number of aromatic nitrogens is 2. The molecule has 3 aromatic rings. The van der Waals surface area contributed by atoms with Crippen LogP contribution in [0.3, 0.4) is 0 Å². The Morgan fingerprint density at radius 3 is 2.44 bits per heavy atom. The third-order valence-electron chi connectivity index (χ3n) is 4.83. The van der Waals surface area contributed by atoms with Gasteiger partial charge in [-0.05, 0) is 11.4 Å². The van der Waals surface area contributed by atoms with E-state index in [1.807, 2.05) is 30.6 Å². The fourth-order valence-corrected chi connectivity index (χ4v) is 5.88. The first kappa shape index (κ1) is 18.4. The maximum atomic E-state index is 12.6. The number of nitrogens with zero attached hydrogens (tertiary/aromatic N) is 4. The van der Waals surface area contributed by atoms with Gasteiger partial charge in [-0.3, -0.25) is 4.90 Å². The molecule has 0 bridgehead atoms. The molecule has 142 valence electrons. The molecule has 0 unspecified atom stereocenters. The summed E-state index contributed by atoms with van der Waals surface area (Å²) in [7, 11) is -3.33. The maximum absolute atomic E-state index is 12.6. The van der Waals surface area contributed by atoms with Crippen LogP contribution < -0.4 is 0 Å². The number of imidazole rings is 1. The van der Waals surface area contributed by atoms with E-state index in [0.29, 0.717) is 17.3 Å². The lowest BCUT2D eigenvalue weighted by molar-refractivity contribution is 0.183. The zero-order valence-electron chi connectivity index (χ0n) is 14.9. The molecular weight excluding hydrogens is 380 g/mol. The molecule has 1 saturated heterocycles. The average Bonchev–Trinajstić information content (AvgIpc) is 3.40. The van der Waals surface area contributed by atoms with Gasteiger partial charge in [0.05, 0.1) is 0 Å². The Balaban J connectivity index is 1.34. The van der Waals surface area contributed by atoms with Gasteiger partial charge < -0.3 is 4.57 Å². The van der Waals surface area contributed by atoms with E-state index in [0.717, 1.165) is 37.6 Å². The van der Waals surface area contributed by atoms with E-state index in [-0.39, 0.29) is 0 Å². The van der Waals surface area contributed by atoms with Crippen LogP contribution in [0.25, 0.3) is 11.4 Å². The highest BCUT2D eigenvalue weighted by Gasteiger charge is 2.28. The molecular formula is C19H22N4O2S2. The van der Waals surface area contributed by atoms with Crippen LogP contribution in [0.1, 0.15) is 0 Å². The smallest absolute Gasteiger partial charge is 0.252 e. The van der Waals surface area contributed by atoms with E-state index in [9.17, 15) is 8.42 Å². The molecule has 0 N–H and O–H groups in total. The predicted molar refractivity (Wildman–Crippen MR) is 107 cm³/mol. The Labute approximate surface area is 163 Å². The number of hydrogen-bond donors (Lipinski definition) is 0. The molecule has 4 rings (SSSR count). The van der Waals surface area contributed by atoms with Gasteiger partial charge in [0, 0.05) is 57.2 Å². The summed E-state index contributed by atoms with van der Waals surface area (Å²) in [6.07, 6.45) is 3.83. The summed E-state index contributed by atoms with van der Waals surface area (Å²) in [5.74, 6) is 0.967. The monoisotopic (exact) mass is 402 g/mol. The van der Waals surface area contributed by atoms with Crippen molar-refractivity contribution >= 4 is 21.4 Å². The molecule has 2 aromatic heterocycles. The molecule has 0 aliphatic carbocycles. The molecule has 8 heteroatoms. The van der Waals surface area contributed by atoms with Crippen molar-refractivity contribution in [1.82, 2.24) is 18.8 Å². The number of hydrogen-bond acceptors (Lipinski definition) is 5. The van der Waals surface area contributed by atoms with Crippen molar-refractivity contribution in [1.29, 1.82) is 0 Å². The summed E-state index contributed by atoms with van der Waals surface area (Å²) in [6.45, 7) is 4.29. The summed E-state index contributed by atoms with van der Waals surface area (Å²) in [5, 5.41) is 1.80. The standard InChI is InChI=1S/C19H22N4O2S2/c24-27(25,18-7-4-16-26-18)23-14-11-21(12-15-23)10-13-22-9-8-20-19(22)17-5-2-1-3-6-17/h1-9,16H,10-15H2. The van der Waals surface area contributed by atoms with E-state index in [1.54, 1.807) is 21.8 Å². The lowest BCUT2D eigenvalue weighted by Gasteiger charge is -2.33. The Morgan fingerprint density at radius 1 is 0.963 bits per heavy atom. The van der Waals surface area contributed by atoms with Crippen LogP contribution in [0.15, 0.2) is 64.4 Å². The van der Waals surface area contributed by atoms with Crippen LogP contribution in [0.5, 0.6) is 0 Å². The van der Waals surface area contributed by atoms with Crippen molar-refractivity contribution < 1.29 is 8.42 Å². The van der Waals surface area contributed by atoms with Crippen LogP contribution in [0.4, 0.5) is 0 Å². The Kier molecular flexibility index (Phi) is 5.40. The van der Waals surface area contributed by atoms with Crippen molar-refractivity contribution in [3.63, 3.8) is 0 Å². The van der Waals surface area contributed by atoms with Crippen LogP contribution in [0.2, 0.25) is 0 Å². The first-order valence-electron chi connectivity index (χ1n) is 8.97. The van der Waals surface area contributed by atoms with Gasteiger partial charge in [0.1, 0.15) is 10.0 Å². The Morgan fingerprint density at radius 2 is 1.74 bits per heavy atom. The number of rotatable bonds is 6. The summed E-state index contributed by atoms with van der Waals surface area (Å²) >= 11 is 1.28. The van der Waals surface area contributed by atoms with Crippen molar-refractivity contribution in [3.05, 3.63) is 60.2 Å². The highest BCUT2D eigenvalue weighted by molar-refractivity contribution is 7.91. The highest BCUT2D eigenvalue weighted by atomic mass is 32.2. The average molecular weight is 403 g/mol. The van der Waals surface area contributed by atoms with Crippen molar-refractivity contribution in [2.75, 3.05) is 32.7 Å². The minimum absolute atomic E-state index is 0.432. The number of piperazine rings is 1. The molecule has 1 aromatic carbocycles. The fourth-order valence-electron chi connectivity index (χ4n) is 3.32. The van der Waals surface area contributed by atoms with Gasteiger partial charge in [-0.15, -0.1) is 11.3 Å². The van der Waals surface area contributed by atoms with Gasteiger partial charge >= 0.3 is 0 Å². The number of sulfonamides is 1. The summed E-state index contributed by atoms with van der Waals surface area (Å²) < 4.78 is 29.4. The molecule has 1 aliphatic heterocycles. The largest absolute Gasteiger partial charge is 0.330 e. The molecule has 0 radical (unpaired) electrons. The molecule has 0 saturated carbocycles. The molecule has 0 atom stereocenters. The van der Waals surface area contributed by atoms with E-state index in [1.165, 1.54) is 11.3 Å². The lowest BCUT2D eigenvalue weighted by Crippen LogP contribution is -2.49. The first-order chi connectivity index (χ1) is 13.1.